The van der Waals surface area contributed by atoms with Crippen LogP contribution in [0.3, 0.4) is 0 Å². The van der Waals surface area contributed by atoms with Crippen molar-refractivity contribution < 1.29 is 38.1 Å². The number of aliphatic carboxylic acids is 1. The van der Waals surface area contributed by atoms with Gasteiger partial charge in [0.25, 0.3) is 0 Å². The predicted molar refractivity (Wildman–Crippen MR) is 140 cm³/mol. The van der Waals surface area contributed by atoms with Crippen LogP contribution in [0.4, 0.5) is 14.6 Å². The molecule has 40 heavy (non-hydrogen) atoms. The maximum absolute atomic E-state index is 14.3. The fourth-order valence-electron chi connectivity index (χ4n) is 3.53. The van der Waals surface area contributed by atoms with Crippen molar-refractivity contribution in [2.45, 2.75) is 39.0 Å². The Balaban J connectivity index is 1.85. The van der Waals surface area contributed by atoms with Crippen LogP contribution in [0.15, 0.2) is 42.5 Å². The number of carboxylic acids is 1. The number of benzene rings is 2. The quantitative estimate of drug-likeness (QED) is 0.214. The molecular weight excluding hydrogens is 552 g/mol. The maximum atomic E-state index is 14.3. The van der Waals surface area contributed by atoms with Crippen LogP contribution in [0.1, 0.15) is 26.7 Å². The van der Waals surface area contributed by atoms with Gasteiger partial charge < -0.3 is 25.0 Å². The number of anilines is 1. The van der Waals surface area contributed by atoms with Crippen LogP contribution in [-0.2, 0) is 21.1 Å². The topological polar surface area (TPSA) is 149 Å². The minimum Gasteiger partial charge on any atom is -0.481 e. The summed E-state index contributed by atoms with van der Waals surface area (Å²) in [6.45, 7) is 2.68. The van der Waals surface area contributed by atoms with E-state index < -0.39 is 42.3 Å². The first-order valence-corrected chi connectivity index (χ1v) is 12.3. The molecule has 11 nitrogen and oxygen atoms in total. The molecule has 0 radical (unpaired) electrons. The molecule has 4 aromatic rings. The first-order chi connectivity index (χ1) is 18.9. The first kappa shape index (κ1) is 28.6. The number of hydrogen-bond acceptors (Lipinski definition) is 9. The number of carboxylic acid groups (broad SMARTS) is 1. The fraction of sp³-hybridized carbons (Fsp3) is 0.269. The van der Waals surface area contributed by atoms with Crippen molar-refractivity contribution in [3.05, 3.63) is 59.1 Å². The van der Waals surface area contributed by atoms with Crippen molar-refractivity contribution in [2.75, 3.05) is 11.9 Å². The van der Waals surface area contributed by atoms with Crippen molar-refractivity contribution in [3.63, 3.8) is 0 Å². The number of rotatable bonds is 11. The van der Waals surface area contributed by atoms with E-state index in [2.05, 4.69) is 20.4 Å². The number of aromatic nitrogens is 4. The average Bonchev–Trinajstić information content (AvgIpc) is 3.24. The first-order valence-electron chi connectivity index (χ1n) is 11.9. The van der Waals surface area contributed by atoms with E-state index in [4.69, 9.17) is 26.2 Å². The number of nitrogens with one attached hydrogen (secondary N) is 1. The Bertz CT molecular complexity index is 1570. The lowest BCUT2D eigenvalue weighted by atomic mass is 10.1. The van der Waals surface area contributed by atoms with Gasteiger partial charge in [0.2, 0.25) is 0 Å². The molecule has 0 saturated carbocycles. The van der Waals surface area contributed by atoms with Crippen LogP contribution in [0.25, 0.3) is 22.3 Å². The third-order valence-electron chi connectivity index (χ3n) is 5.37. The highest BCUT2D eigenvalue weighted by atomic mass is 35.5. The summed E-state index contributed by atoms with van der Waals surface area (Å²) in [6, 6.07) is 9.15. The van der Waals surface area contributed by atoms with Gasteiger partial charge in [0.05, 0.1) is 28.9 Å². The zero-order valence-corrected chi connectivity index (χ0v) is 22.1. The lowest BCUT2D eigenvalue weighted by Crippen LogP contribution is -2.29. The zero-order chi connectivity index (χ0) is 29.0. The summed E-state index contributed by atoms with van der Waals surface area (Å²) in [5.74, 6) is -3.97. The molecule has 0 bridgehead atoms. The summed E-state index contributed by atoms with van der Waals surface area (Å²) < 4.78 is 39.7. The summed E-state index contributed by atoms with van der Waals surface area (Å²) in [5, 5.41) is 27.3. The van der Waals surface area contributed by atoms with Crippen molar-refractivity contribution in [1.29, 1.82) is 0 Å². The minimum atomic E-state index is -1.18. The Morgan fingerprint density at radius 1 is 1.12 bits per heavy atom. The fourth-order valence-corrected chi connectivity index (χ4v) is 3.75. The van der Waals surface area contributed by atoms with Crippen molar-refractivity contribution >= 4 is 40.4 Å². The molecule has 14 heteroatoms. The van der Waals surface area contributed by atoms with Gasteiger partial charge in [-0.3, -0.25) is 9.59 Å². The lowest BCUT2D eigenvalue weighted by molar-refractivity contribution is -0.150. The smallest absolute Gasteiger partial charge is 0.326 e. The molecule has 2 aromatic carbocycles. The molecule has 0 atom stereocenters. The lowest BCUT2D eigenvalue weighted by Gasteiger charge is -2.19. The molecule has 0 aliphatic rings. The largest absolute Gasteiger partial charge is 0.481 e. The highest BCUT2D eigenvalue weighted by molar-refractivity contribution is 6.33. The number of fused-ring (bicyclic) bond motifs is 1. The molecule has 0 aliphatic heterocycles. The molecule has 0 unspecified atom stereocenters. The second-order valence-corrected chi connectivity index (χ2v) is 9.67. The molecule has 0 spiro atoms. The van der Waals surface area contributed by atoms with Gasteiger partial charge in [0.15, 0.2) is 23.9 Å². The summed E-state index contributed by atoms with van der Waals surface area (Å²) in [4.78, 5) is 31.6. The second kappa shape index (κ2) is 11.8. The molecule has 0 saturated heterocycles. The number of carbonyl (C=O) groups excluding carboxylic acids is 1. The van der Waals surface area contributed by atoms with E-state index in [0.29, 0.717) is 27.7 Å². The number of halogens is 3. The number of carbonyl (C=O) groups is 2. The number of esters is 1. The molecule has 2 aromatic heterocycles. The average molecular weight is 576 g/mol. The second-order valence-electron chi connectivity index (χ2n) is 9.26. The van der Waals surface area contributed by atoms with Gasteiger partial charge in [-0.15, -0.1) is 0 Å². The Morgan fingerprint density at radius 3 is 2.55 bits per heavy atom. The van der Waals surface area contributed by atoms with E-state index in [0.717, 1.165) is 12.1 Å². The van der Waals surface area contributed by atoms with Crippen LogP contribution < -0.4 is 10.1 Å². The third kappa shape index (κ3) is 6.98. The van der Waals surface area contributed by atoms with E-state index in [1.807, 2.05) is 0 Å². The van der Waals surface area contributed by atoms with Crippen molar-refractivity contribution in [2.24, 2.45) is 0 Å². The molecule has 3 N–H and O–H groups in total. The monoisotopic (exact) mass is 575 g/mol. The highest BCUT2D eigenvalue weighted by Gasteiger charge is 2.24. The summed E-state index contributed by atoms with van der Waals surface area (Å²) in [7, 11) is 0. The van der Waals surface area contributed by atoms with Gasteiger partial charge in [0, 0.05) is 18.2 Å². The van der Waals surface area contributed by atoms with Crippen LogP contribution in [0, 0.1) is 11.6 Å². The summed E-state index contributed by atoms with van der Waals surface area (Å²) in [6.07, 6.45) is -0.782. The van der Waals surface area contributed by atoms with Gasteiger partial charge in [0.1, 0.15) is 17.3 Å². The van der Waals surface area contributed by atoms with Gasteiger partial charge >= 0.3 is 17.9 Å². The predicted octanol–water partition coefficient (Wildman–Crippen LogP) is 4.77. The molecule has 4 rings (SSSR count). The van der Waals surface area contributed by atoms with Crippen LogP contribution in [0.5, 0.6) is 11.8 Å². The van der Waals surface area contributed by atoms with E-state index in [-0.39, 0.29) is 36.2 Å². The molecular formula is C26H24ClF2N5O6. The van der Waals surface area contributed by atoms with Crippen molar-refractivity contribution in [3.8, 4) is 23.0 Å². The van der Waals surface area contributed by atoms with E-state index in [9.17, 15) is 23.5 Å². The van der Waals surface area contributed by atoms with Gasteiger partial charge in [-0.05, 0) is 32.0 Å². The van der Waals surface area contributed by atoms with Gasteiger partial charge in [-0.25, -0.2) is 13.5 Å². The molecule has 0 aliphatic carbocycles. The maximum Gasteiger partial charge on any atom is 0.326 e. The van der Waals surface area contributed by atoms with Crippen LogP contribution >= 0.6 is 11.6 Å². The Hall–Kier alpha value is -4.36. The standard InChI is InChI=1S/C26H24ClF2N5O6/c1-26(2,38)12-30-23-21-22(15-5-3-4-6-16(15)27)33-34(13-39-20(37)10-9-19(35)36)24(21)32-25(31-23)40-18-8-7-14(28)11-17(18)29/h3-8,11,38H,9-10,12-13H2,1-2H3,(H,35,36)(H,30,31,32). The zero-order valence-electron chi connectivity index (χ0n) is 21.3. The van der Waals surface area contributed by atoms with Crippen LogP contribution in [0.2, 0.25) is 5.02 Å². The normalized spacial score (nSPS) is 11.4. The Morgan fingerprint density at radius 2 is 1.88 bits per heavy atom. The van der Waals surface area contributed by atoms with Crippen LogP contribution in [-0.4, -0.2) is 54.0 Å². The minimum absolute atomic E-state index is 0.0147. The molecule has 0 amide bonds. The third-order valence-corrected chi connectivity index (χ3v) is 5.70. The number of ether oxygens (including phenoxy) is 2. The van der Waals surface area contributed by atoms with Gasteiger partial charge in [-0.2, -0.15) is 15.1 Å². The molecule has 2 heterocycles. The summed E-state index contributed by atoms with van der Waals surface area (Å²) in [5.41, 5.74) is -0.327. The van der Waals surface area contributed by atoms with Gasteiger partial charge in [-0.1, -0.05) is 29.8 Å². The van der Waals surface area contributed by atoms with E-state index in [1.165, 1.54) is 4.68 Å². The number of aliphatic hydroxyl groups is 1. The molecule has 0 fully saturated rings. The number of nitrogens with zero attached hydrogens (tertiary/aromatic N) is 4. The molecule has 210 valence electrons. The summed E-state index contributed by atoms with van der Waals surface area (Å²) >= 11 is 6.45. The Kier molecular flexibility index (Phi) is 8.45. The Labute approximate surface area is 231 Å². The van der Waals surface area contributed by atoms with E-state index in [1.54, 1.807) is 38.1 Å². The highest BCUT2D eigenvalue weighted by Crippen LogP contribution is 2.37. The van der Waals surface area contributed by atoms with E-state index >= 15 is 0 Å². The SMILES string of the molecule is CC(C)(O)CNc1nc(Oc2ccc(F)cc2F)nc2c1c(-c1ccccc1Cl)nn2COC(=O)CCC(=O)O. The van der Waals surface area contributed by atoms with Crippen molar-refractivity contribution in [1.82, 2.24) is 19.7 Å². The number of hydrogen-bond donors (Lipinski definition) is 3.